The van der Waals surface area contributed by atoms with Crippen molar-refractivity contribution in [3.63, 3.8) is 0 Å². The SMILES string of the molecule is CCNc1cc([N+](=O)[O-])cc(N(CC)CC(=O)N(C)C)n1. The van der Waals surface area contributed by atoms with Crippen molar-refractivity contribution in [2.45, 2.75) is 13.8 Å². The first kappa shape index (κ1) is 16.7. The van der Waals surface area contributed by atoms with E-state index in [2.05, 4.69) is 10.3 Å². The van der Waals surface area contributed by atoms with Gasteiger partial charge in [0.1, 0.15) is 11.6 Å². The van der Waals surface area contributed by atoms with E-state index in [1.54, 1.807) is 19.0 Å². The van der Waals surface area contributed by atoms with Crippen LogP contribution in [-0.4, -0.2) is 54.4 Å². The van der Waals surface area contributed by atoms with Crippen molar-refractivity contribution < 1.29 is 9.72 Å². The summed E-state index contributed by atoms with van der Waals surface area (Å²) in [5.74, 6) is 0.755. The van der Waals surface area contributed by atoms with Gasteiger partial charge in [0.05, 0.1) is 23.6 Å². The van der Waals surface area contributed by atoms with Crippen LogP contribution in [0.25, 0.3) is 0 Å². The number of carbonyl (C=O) groups is 1. The van der Waals surface area contributed by atoms with Crippen LogP contribution in [0.2, 0.25) is 0 Å². The molecule has 8 nitrogen and oxygen atoms in total. The number of nitrogens with zero attached hydrogens (tertiary/aromatic N) is 4. The van der Waals surface area contributed by atoms with E-state index in [4.69, 9.17) is 0 Å². The third-order valence-electron chi connectivity index (χ3n) is 2.90. The van der Waals surface area contributed by atoms with Gasteiger partial charge in [-0.1, -0.05) is 0 Å². The molecule has 0 fully saturated rings. The number of hydrogen-bond donors (Lipinski definition) is 1. The zero-order valence-electron chi connectivity index (χ0n) is 12.8. The largest absolute Gasteiger partial charge is 0.370 e. The fourth-order valence-electron chi connectivity index (χ4n) is 1.70. The van der Waals surface area contributed by atoms with Gasteiger partial charge in [0.2, 0.25) is 5.91 Å². The molecule has 0 aliphatic heterocycles. The summed E-state index contributed by atoms with van der Waals surface area (Å²) >= 11 is 0. The average Bonchev–Trinajstić information content (AvgIpc) is 2.44. The summed E-state index contributed by atoms with van der Waals surface area (Å²) in [7, 11) is 3.34. The maximum atomic E-state index is 11.8. The topological polar surface area (TPSA) is 91.6 Å². The Labute approximate surface area is 123 Å². The summed E-state index contributed by atoms with van der Waals surface area (Å²) in [6, 6.07) is 2.77. The zero-order chi connectivity index (χ0) is 16.0. The molecule has 0 aliphatic carbocycles. The molecule has 21 heavy (non-hydrogen) atoms. The first-order valence-electron chi connectivity index (χ1n) is 6.74. The van der Waals surface area contributed by atoms with Crippen LogP contribution in [0.3, 0.4) is 0 Å². The molecule has 116 valence electrons. The third-order valence-corrected chi connectivity index (χ3v) is 2.90. The van der Waals surface area contributed by atoms with Crippen molar-refractivity contribution in [1.82, 2.24) is 9.88 Å². The van der Waals surface area contributed by atoms with Gasteiger partial charge < -0.3 is 15.1 Å². The van der Waals surface area contributed by atoms with Crippen molar-refractivity contribution >= 4 is 23.2 Å². The molecule has 0 aliphatic rings. The molecule has 1 rings (SSSR count). The molecular weight excluding hydrogens is 274 g/mol. The van der Waals surface area contributed by atoms with Crippen molar-refractivity contribution in [2.75, 3.05) is 43.9 Å². The lowest BCUT2D eigenvalue weighted by Crippen LogP contribution is -2.37. The number of likely N-dealkylation sites (N-methyl/N-ethyl adjacent to an activating group) is 2. The number of anilines is 2. The summed E-state index contributed by atoms with van der Waals surface area (Å²) in [4.78, 5) is 29.9. The Balaban J connectivity index is 3.12. The van der Waals surface area contributed by atoms with E-state index in [-0.39, 0.29) is 18.1 Å². The first-order valence-corrected chi connectivity index (χ1v) is 6.74. The van der Waals surface area contributed by atoms with E-state index >= 15 is 0 Å². The maximum absolute atomic E-state index is 11.8. The minimum atomic E-state index is -0.465. The van der Waals surface area contributed by atoms with Gasteiger partial charge in [0.15, 0.2) is 0 Å². The highest BCUT2D eigenvalue weighted by atomic mass is 16.6. The Kier molecular flexibility index (Phi) is 5.89. The molecule has 0 bridgehead atoms. The summed E-state index contributed by atoms with van der Waals surface area (Å²) in [6.45, 7) is 5.02. The van der Waals surface area contributed by atoms with Gasteiger partial charge >= 0.3 is 0 Å². The van der Waals surface area contributed by atoms with Crippen molar-refractivity contribution in [3.8, 4) is 0 Å². The van der Waals surface area contributed by atoms with E-state index in [0.717, 1.165) is 0 Å². The number of pyridine rings is 1. The number of rotatable bonds is 7. The predicted octanol–water partition coefficient (Wildman–Crippen LogP) is 1.34. The molecule has 1 heterocycles. The lowest BCUT2D eigenvalue weighted by atomic mass is 10.3. The summed E-state index contributed by atoms with van der Waals surface area (Å²) < 4.78 is 0. The fourth-order valence-corrected chi connectivity index (χ4v) is 1.70. The Morgan fingerprint density at radius 2 is 2.05 bits per heavy atom. The van der Waals surface area contributed by atoms with E-state index in [1.807, 2.05) is 13.8 Å². The number of carbonyl (C=O) groups excluding carboxylic acids is 1. The Bertz CT molecular complexity index is 519. The average molecular weight is 295 g/mol. The highest BCUT2D eigenvalue weighted by molar-refractivity contribution is 5.80. The van der Waals surface area contributed by atoms with Crippen LogP contribution < -0.4 is 10.2 Å². The number of nitro groups is 1. The Morgan fingerprint density at radius 3 is 2.52 bits per heavy atom. The Morgan fingerprint density at radius 1 is 1.38 bits per heavy atom. The third kappa shape index (κ3) is 4.59. The van der Waals surface area contributed by atoms with Crippen LogP contribution in [0, 0.1) is 10.1 Å². The summed E-state index contributed by atoms with van der Waals surface area (Å²) in [5, 5.41) is 14.0. The summed E-state index contributed by atoms with van der Waals surface area (Å²) in [6.07, 6.45) is 0. The first-order chi connectivity index (χ1) is 9.88. The molecule has 0 atom stereocenters. The molecule has 1 amide bonds. The van der Waals surface area contributed by atoms with Crippen LogP contribution in [0.15, 0.2) is 12.1 Å². The lowest BCUT2D eigenvalue weighted by Gasteiger charge is -2.23. The maximum Gasteiger partial charge on any atom is 0.276 e. The van der Waals surface area contributed by atoms with E-state index in [1.165, 1.54) is 17.0 Å². The Hall–Kier alpha value is -2.38. The van der Waals surface area contributed by atoms with Crippen LogP contribution in [0.5, 0.6) is 0 Å². The van der Waals surface area contributed by atoms with Crippen molar-refractivity contribution in [2.24, 2.45) is 0 Å². The number of amides is 1. The van der Waals surface area contributed by atoms with Crippen LogP contribution in [0.1, 0.15) is 13.8 Å². The second-order valence-electron chi connectivity index (χ2n) is 4.66. The normalized spacial score (nSPS) is 10.1. The number of aromatic nitrogens is 1. The zero-order valence-corrected chi connectivity index (χ0v) is 12.8. The standard InChI is InChI=1S/C13H21N5O3/c1-5-14-11-7-10(18(20)21)8-12(15-11)17(6-2)9-13(19)16(3)4/h7-8H,5-6,9H2,1-4H3,(H,14,15). The van der Waals surface area contributed by atoms with Gasteiger partial charge in [-0.05, 0) is 13.8 Å². The van der Waals surface area contributed by atoms with Crippen LogP contribution in [-0.2, 0) is 4.79 Å². The monoisotopic (exact) mass is 295 g/mol. The van der Waals surface area contributed by atoms with Gasteiger partial charge in [-0.2, -0.15) is 0 Å². The minimum Gasteiger partial charge on any atom is -0.370 e. The molecule has 1 aromatic heterocycles. The van der Waals surface area contributed by atoms with Gasteiger partial charge in [-0.3, -0.25) is 14.9 Å². The minimum absolute atomic E-state index is 0.0493. The fraction of sp³-hybridized carbons (Fsp3) is 0.538. The van der Waals surface area contributed by atoms with Crippen molar-refractivity contribution in [3.05, 3.63) is 22.2 Å². The van der Waals surface area contributed by atoms with Crippen LogP contribution >= 0.6 is 0 Å². The number of hydrogen-bond acceptors (Lipinski definition) is 6. The highest BCUT2D eigenvalue weighted by Gasteiger charge is 2.17. The molecule has 1 N–H and O–H groups in total. The van der Waals surface area contributed by atoms with Gasteiger partial charge in [0, 0.05) is 27.2 Å². The number of nitrogens with one attached hydrogen (secondary N) is 1. The summed E-state index contributed by atoms with van der Waals surface area (Å²) in [5.41, 5.74) is -0.0493. The van der Waals surface area contributed by atoms with E-state index < -0.39 is 4.92 Å². The molecule has 0 aromatic carbocycles. The van der Waals surface area contributed by atoms with Crippen LogP contribution in [0.4, 0.5) is 17.3 Å². The molecule has 0 saturated heterocycles. The van der Waals surface area contributed by atoms with Gasteiger partial charge in [-0.15, -0.1) is 0 Å². The molecule has 0 unspecified atom stereocenters. The second kappa shape index (κ2) is 7.41. The second-order valence-corrected chi connectivity index (χ2v) is 4.66. The van der Waals surface area contributed by atoms with Gasteiger partial charge in [0.25, 0.3) is 5.69 Å². The predicted molar refractivity (Wildman–Crippen MR) is 81.6 cm³/mol. The van der Waals surface area contributed by atoms with Gasteiger partial charge in [-0.25, -0.2) is 4.98 Å². The molecule has 1 aromatic rings. The lowest BCUT2D eigenvalue weighted by molar-refractivity contribution is -0.384. The molecule has 0 spiro atoms. The molecular formula is C13H21N5O3. The molecule has 0 saturated carbocycles. The van der Waals surface area contributed by atoms with Crippen molar-refractivity contribution in [1.29, 1.82) is 0 Å². The van der Waals surface area contributed by atoms with E-state index in [9.17, 15) is 14.9 Å². The quantitative estimate of drug-likeness (QED) is 0.603. The smallest absolute Gasteiger partial charge is 0.276 e. The van der Waals surface area contributed by atoms with E-state index in [0.29, 0.717) is 24.7 Å². The molecule has 8 heteroatoms. The highest BCUT2D eigenvalue weighted by Crippen LogP contribution is 2.23. The molecule has 0 radical (unpaired) electrons.